The van der Waals surface area contributed by atoms with Crippen LogP contribution in [-0.4, -0.2) is 21.6 Å². The smallest absolute Gasteiger partial charge is 0.333 e. The molecule has 2 N–H and O–H groups in total. The van der Waals surface area contributed by atoms with Crippen molar-refractivity contribution in [3.63, 3.8) is 0 Å². The van der Waals surface area contributed by atoms with Crippen molar-refractivity contribution in [1.82, 2.24) is 10.0 Å². The maximum Gasteiger partial charge on any atom is 0.333 e. The average molecular weight is 403 g/mol. The molecule has 7 heteroatoms. The topological polar surface area (TPSA) is 84.5 Å². The highest BCUT2D eigenvalue weighted by atomic mass is 32.2. The van der Waals surface area contributed by atoms with Gasteiger partial charge in [-0.25, -0.2) is 17.9 Å². The zero-order chi connectivity index (χ0) is 20.1. The van der Waals surface area contributed by atoms with Gasteiger partial charge < -0.3 is 10.1 Å². The number of nitrogens with one attached hydrogen (secondary N) is 2. The number of urea groups is 1. The van der Waals surface area contributed by atoms with Crippen LogP contribution in [0, 0.1) is 0 Å². The van der Waals surface area contributed by atoms with E-state index in [1.807, 2.05) is 0 Å². The molecule has 1 saturated carbocycles. The molecule has 1 aromatic rings. The predicted molar refractivity (Wildman–Crippen MR) is 108 cm³/mol. The first kappa shape index (κ1) is 20.2. The number of amides is 2. The van der Waals surface area contributed by atoms with Crippen LogP contribution in [0.5, 0.6) is 5.75 Å². The summed E-state index contributed by atoms with van der Waals surface area (Å²) in [5, 5.41) is 2.77. The van der Waals surface area contributed by atoms with Gasteiger partial charge in [0.15, 0.2) is 0 Å². The van der Waals surface area contributed by atoms with Gasteiger partial charge in [-0.05, 0) is 73.8 Å². The average Bonchev–Trinajstić information content (AvgIpc) is 3.14. The third-order valence-corrected chi connectivity index (χ3v) is 6.39. The van der Waals surface area contributed by atoms with Crippen molar-refractivity contribution in [1.29, 1.82) is 0 Å². The molecule has 0 heterocycles. The Bertz CT molecular complexity index is 945. The van der Waals surface area contributed by atoms with Crippen LogP contribution in [0.2, 0.25) is 0 Å². The first-order chi connectivity index (χ1) is 13.4. The number of carbonyl (C=O) groups excluding carboxylic acids is 1. The third-order valence-electron chi connectivity index (χ3n) is 5.06. The minimum absolute atomic E-state index is 0.0330. The van der Waals surface area contributed by atoms with Gasteiger partial charge in [0, 0.05) is 11.8 Å². The molecule has 0 aromatic heterocycles. The van der Waals surface area contributed by atoms with Crippen molar-refractivity contribution in [3.05, 3.63) is 59.3 Å². The summed E-state index contributed by atoms with van der Waals surface area (Å²) in [5.74, 6) is 0.401. The summed E-state index contributed by atoms with van der Waals surface area (Å²) >= 11 is 0. The molecule has 0 bridgehead atoms. The van der Waals surface area contributed by atoms with E-state index >= 15 is 0 Å². The largest absolute Gasteiger partial charge is 0.497 e. The summed E-state index contributed by atoms with van der Waals surface area (Å²) in [5.41, 5.74) is 3.84. The molecule has 3 rings (SSSR count). The quantitative estimate of drug-likeness (QED) is 0.791. The fourth-order valence-corrected chi connectivity index (χ4v) is 4.57. The molecule has 2 aliphatic rings. The number of carbonyl (C=O) groups is 1. The summed E-state index contributed by atoms with van der Waals surface area (Å²) in [6, 6.07) is 5.20. The second kappa shape index (κ2) is 8.65. The number of benzene rings is 1. The molecular weight excluding hydrogens is 376 g/mol. The summed E-state index contributed by atoms with van der Waals surface area (Å²) in [4.78, 5) is 12.5. The number of ether oxygens (including phenoxy) is 1. The molecule has 0 saturated heterocycles. The Morgan fingerprint density at radius 2 is 1.96 bits per heavy atom. The van der Waals surface area contributed by atoms with Gasteiger partial charge in [0.25, 0.3) is 10.0 Å². The summed E-state index contributed by atoms with van der Waals surface area (Å²) in [6.45, 7) is 4.14. The Labute approximate surface area is 166 Å². The van der Waals surface area contributed by atoms with E-state index in [1.54, 1.807) is 12.1 Å². The number of hydrogen-bond acceptors (Lipinski definition) is 4. The molecule has 0 unspecified atom stereocenters. The van der Waals surface area contributed by atoms with Crippen molar-refractivity contribution in [2.24, 2.45) is 0 Å². The van der Waals surface area contributed by atoms with Crippen LogP contribution in [0.15, 0.2) is 64.2 Å². The van der Waals surface area contributed by atoms with Crippen LogP contribution < -0.4 is 14.8 Å². The van der Waals surface area contributed by atoms with E-state index in [2.05, 4.69) is 22.7 Å². The van der Waals surface area contributed by atoms with Crippen LogP contribution in [0.1, 0.15) is 44.9 Å². The van der Waals surface area contributed by atoms with Gasteiger partial charge in [0.2, 0.25) is 0 Å². The Morgan fingerprint density at radius 3 is 2.75 bits per heavy atom. The fraction of sp³-hybridized carbons (Fsp3) is 0.381. The highest BCUT2D eigenvalue weighted by Gasteiger charge is 2.24. The molecule has 150 valence electrons. The van der Waals surface area contributed by atoms with Gasteiger partial charge in [0.05, 0.1) is 12.0 Å². The molecule has 0 atom stereocenters. The Balaban J connectivity index is 1.82. The van der Waals surface area contributed by atoms with E-state index in [0.717, 1.165) is 56.1 Å². The van der Waals surface area contributed by atoms with Crippen LogP contribution in [0.3, 0.4) is 0 Å². The van der Waals surface area contributed by atoms with Crippen molar-refractivity contribution in [3.8, 4) is 5.75 Å². The van der Waals surface area contributed by atoms with Gasteiger partial charge in [-0.3, -0.25) is 0 Å². The van der Waals surface area contributed by atoms with Crippen LogP contribution in [0.4, 0.5) is 4.79 Å². The highest BCUT2D eigenvalue weighted by molar-refractivity contribution is 7.90. The Morgan fingerprint density at radius 1 is 1.14 bits per heavy atom. The normalized spacial score (nSPS) is 22.2. The monoisotopic (exact) mass is 402 g/mol. The van der Waals surface area contributed by atoms with Gasteiger partial charge in [-0.2, -0.15) is 0 Å². The SMILES string of the molecule is C=C1CCCC/C=C2/CCC/C2=C/1NC(=O)NS(=O)(=O)c1cccc(OC)c1. The van der Waals surface area contributed by atoms with E-state index in [4.69, 9.17) is 4.74 Å². The lowest BCUT2D eigenvalue weighted by molar-refractivity contribution is 0.248. The minimum atomic E-state index is -4.01. The lowest BCUT2D eigenvalue weighted by atomic mass is 10.0. The molecule has 2 aliphatic carbocycles. The van der Waals surface area contributed by atoms with Gasteiger partial charge in [0.1, 0.15) is 5.75 Å². The van der Waals surface area contributed by atoms with Gasteiger partial charge in [-0.1, -0.05) is 18.7 Å². The van der Waals surface area contributed by atoms with Crippen LogP contribution in [-0.2, 0) is 10.0 Å². The molecular formula is C21H26N2O4S. The molecule has 0 radical (unpaired) electrons. The zero-order valence-corrected chi connectivity index (χ0v) is 16.9. The highest BCUT2D eigenvalue weighted by Crippen LogP contribution is 2.36. The van der Waals surface area contributed by atoms with E-state index in [9.17, 15) is 13.2 Å². The van der Waals surface area contributed by atoms with Gasteiger partial charge >= 0.3 is 6.03 Å². The molecule has 6 nitrogen and oxygen atoms in total. The first-order valence-corrected chi connectivity index (χ1v) is 11.0. The Kier molecular flexibility index (Phi) is 6.24. The molecule has 2 amide bonds. The van der Waals surface area contributed by atoms with Gasteiger partial charge in [-0.15, -0.1) is 0 Å². The van der Waals surface area contributed by atoms with E-state index in [0.29, 0.717) is 11.4 Å². The summed E-state index contributed by atoms with van der Waals surface area (Å²) in [7, 11) is -2.56. The van der Waals surface area contributed by atoms with Crippen LogP contribution >= 0.6 is 0 Å². The third kappa shape index (κ3) is 4.65. The molecule has 1 aromatic carbocycles. The lowest BCUT2D eigenvalue weighted by Gasteiger charge is -2.17. The predicted octanol–water partition coefficient (Wildman–Crippen LogP) is 4.18. The van der Waals surface area contributed by atoms with E-state index in [1.165, 1.54) is 24.8 Å². The van der Waals surface area contributed by atoms with E-state index < -0.39 is 16.1 Å². The zero-order valence-electron chi connectivity index (χ0n) is 16.1. The minimum Gasteiger partial charge on any atom is -0.497 e. The summed E-state index contributed by atoms with van der Waals surface area (Å²) < 4.78 is 32.3. The maximum atomic E-state index is 12.6. The molecule has 28 heavy (non-hydrogen) atoms. The second-order valence-electron chi connectivity index (χ2n) is 7.02. The van der Waals surface area contributed by atoms with Crippen molar-refractivity contribution < 1.29 is 17.9 Å². The van der Waals surface area contributed by atoms with Crippen molar-refractivity contribution in [2.75, 3.05) is 7.11 Å². The number of methoxy groups -OCH3 is 1. The lowest BCUT2D eigenvalue weighted by Crippen LogP contribution is -2.39. The number of allylic oxidation sites excluding steroid dienone is 4. The maximum absolute atomic E-state index is 12.6. The number of sulfonamides is 1. The number of hydrogen-bond donors (Lipinski definition) is 2. The van der Waals surface area contributed by atoms with E-state index in [-0.39, 0.29) is 4.90 Å². The van der Waals surface area contributed by atoms with Crippen molar-refractivity contribution >= 4 is 16.1 Å². The standard InChI is InChI=1S/C21H26N2O4S/c1-15-8-4-3-5-9-16-10-6-13-19(16)20(15)22-21(24)23-28(25,26)18-12-7-11-17(14-18)27-2/h7,9,11-12,14H,1,3-6,8,10,13H2,2H3,(H2,22,23,24)/b16-9-,20-19+. The number of fused-ring (bicyclic) bond motifs is 1. The Hall–Kier alpha value is -2.54. The second-order valence-corrected chi connectivity index (χ2v) is 8.71. The summed E-state index contributed by atoms with van der Waals surface area (Å²) in [6.07, 6.45) is 9.00. The molecule has 1 fully saturated rings. The number of rotatable bonds is 4. The first-order valence-electron chi connectivity index (χ1n) is 9.49. The fourth-order valence-electron chi connectivity index (χ4n) is 3.63. The van der Waals surface area contributed by atoms with Crippen LogP contribution in [0.25, 0.3) is 0 Å². The molecule has 0 aliphatic heterocycles. The van der Waals surface area contributed by atoms with Crippen molar-refractivity contribution in [2.45, 2.75) is 49.8 Å². The molecule has 0 spiro atoms.